The minimum Gasteiger partial charge on any atom is -0.377 e. The minimum absolute atomic E-state index is 0.252. The lowest BCUT2D eigenvalue weighted by atomic mass is 10.1. The predicted octanol–water partition coefficient (Wildman–Crippen LogP) is 3.43. The van der Waals surface area contributed by atoms with Crippen molar-refractivity contribution in [2.75, 3.05) is 25.1 Å². The molecule has 0 spiro atoms. The average molecular weight is 299 g/mol. The average Bonchev–Trinajstić information content (AvgIpc) is 2.57. The third-order valence-corrected chi connectivity index (χ3v) is 3.61. The summed E-state index contributed by atoms with van der Waals surface area (Å²) in [5.41, 5.74) is 3.01. The summed E-state index contributed by atoms with van der Waals surface area (Å²) in [5.74, 6) is 0.496. The van der Waals surface area contributed by atoms with Crippen LogP contribution in [0.15, 0.2) is 48.0 Å². The standard InChI is InChI=1S/C17H18FN3O/c18-15-3-1-14(2-4-15)16-5-6-17(21-20-16)19-10-7-13-8-11-22-12-9-13/h1-6,8H,7,9-12H2,(H,19,21). The lowest BCUT2D eigenvalue weighted by Gasteiger charge is -2.13. The number of benzene rings is 1. The van der Waals surface area contributed by atoms with E-state index in [0.717, 1.165) is 49.7 Å². The molecule has 0 bridgehead atoms. The fourth-order valence-electron chi connectivity index (χ4n) is 2.34. The van der Waals surface area contributed by atoms with Crippen molar-refractivity contribution in [2.24, 2.45) is 0 Å². The lowest BCUT2D eigenvalue weighted by Crippen LogP contribution is -2.09. The topological polar surface area (TPSA) is 47.0 Å². The SMILES string of the molecule is Fc1ccc(-c2ccc(NCCC3=CCOCC3)nn2)cc1. The van der Waals surface area contributed by atoms with Crippen LogP contribution >= 0.6 is 0 Å². The fraction of sp³-hybridized carbons (Fsp3) is 0.294. The number of halogens is 1. The van der Waals surface area contributed by atoms with E-state index in [0.29, 0.717) is 0 Å². The van der Waals surface area contributed by atoms with Crippen LogP contribution in [0.4, 0.5) is 10.2 Å². The zero-order valence-electron chi connectivity index (χ0n) is 12.3. The number of nitrogens with zero attached hydrogens (tertiary/aromatic N) is 2. The summed E-state index contributed by atoms with van der Waals surface area (Å²) in [4.78, 5) is 0. The molecule has 0 amide bonds. The normalized spacial score (nSPS) is 14.5. The van der Waals surface area contributed by atoms with Crippen LogP contribution in [0, 0.1) is 5.82 Å². The summed E-state index contributed by atoms with van der Waals surface area (Å²) >= 11 is 0. The monoisotopic (exact) mass is 299 g/mol. The molecule has 0 atom stereocenters. The number of rotatable bonds is 5. The van der Waals surface area contributed by atoms with Gasteiger partial charge in [0, 0.05) is 12.1 Å². The number of hydrogen-bond acceptors (Lipinski definition) is 4. The van der Waals surface area contributed by atoms with Crippen molar-refractivity contribution in [3.8, 4) is 11.3 Å². The van der Waals surface area contributed by atoms with E-state index < -0.39 is 0 Å². The van der Waals surface area contributed by atoms with Gasteiger partial charge >= 0.3 is 0 Å². The Balaban J connectivity index is 1.55. The van der Waals surface area contributed by atoms with Crippen LogP contribution in [0.3, 0.4) is 0 Å². The molecular formula is C17H18FN3O. The molecule has 1 aromatic heterocycles. The van der Waals surface area contributed by atoms with Crippen LogP contribution < -0.4 is 5.32 Å². The van der Waals surface area contributed by atoms with E-state index in [1.807, 2.05) is 12.1 Å². The Bertz CT molecular complexity index is 638. The first-order chi connectivity index (χ1) is 10.8. The van der Waals surface area contributed by atoms with Gasteiger partial charge in [0.15, 0.2) is 0 Å². The highest BCUT2D eigenvalue weighted by Crippen LogP contribution is 2.18. The molecule has 0 fully saturated rings. The van der Waals surface area contributed by atoms with E-state index in [2.05, 4.69) is 21.6 Å². The van der Waals surface area contributed by atoms with Gasteiger partial charge in [-0.2, -0.15) is 0 Å². The number of ether oxygens (including phenoxy) is 1. The number of aromatic nitrogens is 2. The maximum absolute atomic E-state index is 12.9. The largest absolute Gasteiger partial charge is 0.377 e. The van der Waals surface area contributed by atoms with Crippen molar-refractivity contribution >= 4 is 5.82 Å². The van der Waals surface area contributed by atoms with E-state index in [-0.39, 0.29) is 5.82 Å². The molecule has 1 aliphatic heterocycles. The quantitative estimate of drug-likeness (QED) is 0.859. The molecule has 2 aromatic rings. The van der Waals surface area contributed by atoms with Crippen molar-refractivity contribution in [3.63, 3.8) is 0 Å². The summed E-state index contributed by atoms with van der Waals surface area (Å²) < 4.78 is 18.2. The molecule has 0 aliphatic carbocycles. The van der Waals surface area contributed by atoms with Crippen LogP contribution in [0.1, 0.15) is 12.8 Å². The van der Waals surface area contributed by atoms with Gasteiger partial charge in [-0.3, -0.25) is 0 Å². The first-order valence-electron chi connectivity index (χ1n) is 7.40. The Hall–Kier alpha value is -2.27. The molecule has 5 heteroatoms. The molecule has 2 heterocycles. The number of hydrogen-bond donors (Lipinski definition) is 1. The molecule has 4 nitrogen and oxygen atoms in total. The van der Waals surface area contributed by atoms with Crippen molar-refractivity contribution in [2.45, 2.75) is 12.8 Å². The Labute approximate surface area is 129 Å². The van der Waals surface area contributed by atoms with Crippen LogP contribution in [-0.4, -0.2) is 30.0 Å². The van der Waals surface area contributed by atoms with Crippen molar-refractivity contribution in [3.05, 3.63) is 53.9 Å². The Morgan fingerprint density at radius 2 is 1.95 bits per heavy atom. The number of anilines is 1. The Morgan fingerprint density at radius 3 is 2.64 bits per heavy atom. The van der Waals surface area contributed by atoms with Gasteiger partial charge in [0.2, 0.25) is 0 Å². The van der Waals surface area contributed by atoms with Gasteiger partial charge < -0.3 is 10.1 Å². The second-order valence-electron chi connectivity index (χ2n) is 5.17. The van der Waals surface area contributed by atoms with E-state index in [1.165, 1.54) is 17.7 Å². The number of nitrogens with one attached hydrogen (secondary N) is 1. The molecule has 0 radical (unpaired) electrons. The molecule has 1 aromatic carbocycles. The van der Waals surface area contributed by atoms with Gasteiger partial charge in [-0.1, -0.05) is 11.6 Å². The third-order valence-electron chi connectivity index (χ3n) is 3.61. The van der Waals surface area contributed by atoms with Gasteiger partial charge in [0.25, 0.3) is 0 Å². The lowest BCUT2D eigenvalue weighted by molar-refractivity contribution is 0.153. The van der Waals surface area contributed by atoms with Crippen molar-refractivity contribution in [1.29, 1.82) is 0 Å². The van der Waals surface area contributed by atoms with E-state index in [9.17, 15) is 4.39 Å². The van der Waals surface area contributed by atoms with Gasteiger partial charge in [0.1, 0.15) is 11.6 Å². The van der Waals surface area contributed by atoms with Gasteiger partial charge in [-0.25, -0.2) is 4.39 Å². The van der Waals surface area contributed by atoms with Crippen LogP contribution in [0.2, 0.25) is 0 Å². The molecule has 1 aliphatic rings. The molecule has 3 rings (SSSR count). The smallest absolute Gasteiger partial charge is 0.148 e. The summed E-state index contributed by atoms with van der Waals surface area (Å²) in [6.45, 7) is 2.37. The second-order valence-corrected chi connectivity index (χ2v) is 5.17. The van der Waals surface area contributed by atoms with E-state index in [1.54, 1.807) is 12.1 Å². The maximum Gasteiger partial charge on any atom is 0.148 e. The summed E-state index contributed by atoms with van der Waals surface area (Å²) in [7, 11) is 0. The van der Waals surface area contributed by atoms with E-state index in [4.69, 9.17) is 4.74 Å². The van der Waals surface area contributed by atoms with Crippen molar-refractivity contribution in [1.82, 2.24) is 10.2 Å². The third kappa shape index (κ3) is 3.89. The molecule has 114 valence electrons. The highest BCUT2D eigenvalue weighted by Gasteiger charge is 2.04. The van der Waals surface area contributed by atoms with Crippen LogP contribution in [0.5, 0.6) is 0 Å². The zero-order valence-corrected chi connectivity index (χ0v) is 12.3. The van der Waals surface area contributed by atoms with Crippen LogP contribution in [-0.2, 0) is 4.74 Å². The van der Waals surface area contributed by atoms with Gasteiger partial charge in [-0.15, -0.1) is 10.2 Å². The van der Waals surface area contributed by atoms with Gasteiger partial charge in [-0.05, 0) is 49.2 Å². The maximum atomic E-state index is 12.9. The Kier molecular flexibility index (Phi) is 4.75. The fourth-order valence-corrected chi connectivity index (χ4v) is 2.34. The van der Waals surface area contributed by atoms with Crippen molar-refractivity contribution < 1.29 is 9.13 Å². The highest BCUT2D eigenvalue weighted by atomic mass is 19.1. The molecule has 1 N–H and O–H groups in total. The van der Waals surface area contributed by atoms with Crippen LogP contribution in [0.25, 0.3) is 11.3 Å². The summed E-state index contributed by atoms with van der Waals surface area (Å²) in [6.07, 6.45) is 4.15. The Morgan fingerprint density at radius 1 is 1.09 bits per heavy atom. The molecular weight excluding hydrogens is 281 g/mol. The second kappa shape index (κ2) is 7.13. The first kappa shape index (κ1) is 14.7. The highest BCUT2D eigenvalue weighted by molar-refractivity contribution is 5.59. The molecule has 0 saturated carbocycles. The summed E-state index contributed by atoms with van der Waals surface area (Å²) in [6, 6.07) is 10.0. The summed E-state index contributed by atoms with van der Waals surface area (Å²) in [5, 5.41) is 11.6. The first-order valence-corrected chi connectivity index (χ1v) is 7.40. The van der Waals surface area contributed by atoms with Gasteiger partial charge in [0.05, 0.1) is 18.9 Å². The minimum atomic E-state index is -0.252. The van der Waals surface area contributed by atoms with E-state index >= 15 is 0 Å². The predicted molar refractivity (Wildman–Crippen MR) is 84.1 cm³/mol. The molecule has 22 heavy (non-hydrogen) atoms. The molecule has 0 saturated heterocycles. The molecule has 0 unspecified atom stereocenters. The zero-order chi connectivity index (χ0) is 15.2.